The van der Waals surface area contributed by atoms with Crippen LogP contribution in [0.25, 0.3) is 11.3 Å². The van der Waals surface area contributed by atoms with E-state index in [9.17, 15) is 19.5 Å². The third kappa shape index (κ3) is 6.98. The molecule has 11 nitrogen and oxygen atoms in total. The summed E-state index contributed by atoms with van der Waals surface area (Å²) in [5.74, 6) is 0.246. The molecule has 2 N–H and O–H groups in total. The molecule has 0 spiro atoms. The molecule has 1 saturated heterocycles. The van der Waals surface area contributed by atoms with E-state index in [-0.39, 0.29) is 63.4 Å². The maximum Gasteiger partial charge on any atom is 0.318 e. The zero-order chi connectivity index (χ0) is 47.5. The second kappa shape index (κ2) is 16.3. The first kappa shape index (κ1) is 47.1. The predicted octanol–water partition coefficient (Wildman–Crippen LogP) is 10.3. The zero-order valence-electron chi connectivity index (χ0n) is 42.0. The van der Waals surface area contributed by atoms with E-state index in [4.69, 9.17) is 9.72 Å². The largest absolute Gasteiger partial charge is 0.481 e. The summed E-state index contributed by atoms with van der Waals surface area (Å²) in [4.78, 5) is 64.4. The van der Waals surface area contributed by atoms with Gasteiger partial charge < -0.3 is 29.5 Å². The van der Waals surface area contributed by atoms with Crippen molar-refractivity contribution in [3.8, 4) is 11.3 Å². The molecule has 2 heterocycles. The number of esters is 1. The Morgan fingerprint density at radius 3 is 2.27 bits per heavy atom. The SMILES string of the molecule is CC(C)C1=C2[C@H]3CC[C@@H]4[C@@]5(C)CC[C@H](OC(=O)[C@H]6C[C@@H](C(=O)O)C6(C)C)C(C)(C)[C@@H]5CC[C@@]4(C)[C@]3(C)CC[C@@]2(NC(=O)N2CCCC2c2ncc(-c3ccccc3)n2CCN(C)C)CC1=O. The van der Waals surface area contributed by atoms with Gasteiger partial charge in [-0.05, 0) is 147 Å². The lowest BCUT2D eigenvalue weighted by molar-refractivity contribution is -0.235. The van der Waals surface area contributed by atoms with Crippen LogP contribution in [0.3, 0.4) is 0 Å². The molecule has 6 fully saturated rings. The number of aliphatic carboxylic acids is 1. The highest BCUT2D eigenvalue weighted by atomic mass is 16.5. The second-order valence-electron chi connectivity index (χ2n) is 24.7. The van der Waals surface area contributed by atoms with Gasteiger partial charge in [-0.2, -0.15) is 0 Å². The van der Waals surface area contributed by atoms with E-state index in [0.717, 1.165) is 100.0 Å². The number of hydrogen-bond donors (Lipinski definition) is 2. The molecular weight excluding hydrogens is 827 g/mol. The Morgan fingerprint density at radius 2 is 1.61 bits per heavy atom. The van der Waals surface area contributed by atoms with Gasteiger partial charge in [0.05, 0.1) is 35.3 Å². The number of ether oxygens (including phenoxy) is 1. The first-order valence-corrected chi connectivity index (χ1v) is 25.6. The normalized spacial score (nSPS) is 37.7. The van der Waals surface area contributed by atoms with Gasteiger partial charge in [0.1, 0.15) is 11.9 Å². The number of imidazole rings is 1. The summed E-state index contributed by atoms with van der Waals surface area (Å²) in [5.41, 5.74) is 2.82. The molecule has 1 aromatic carbocycles. The van der Waals surface area contributed by atoms with Gasteiger partial charge in [-0.3, -0.25) is 14.4 Å². The molecule has 2 amide bonds. The quantitative estimate of drug-likeness (QED) is 0.225. The van der Waals surface area contributed by atoms with Gasteiger partial charge in [0.2, 0.25) is 0 Å². The highest BCUT2D eigenvalue weighted by Gasteiger charge is 2.71. The Morgan fingerprint density at radius 1 is 0.879 bits per heavy atom. The molecule has 11 atom stereocenters. The van der Waals surface area contributed by atoms with Crippen LogP contribution in [0, 0.1) is 62.6 Å². The number of aromatic nitrogens is 2. The van der Waals surface area contributed by atoms with Gasteiger partial charge in [-0.15, -0.1) is 0 Å². The van der Waals surface area contributed by atoms with Crippen LogP contribution in [-0.4, -0.2) is 87.0 Å². The number of likely N-dealkylation sites (tertiary alicyclic amines) is 1. The third-order valence-corrected chi connectivity index (χ3v) is 20.4. The van der Waals surface area contributed by atoms with Gasteiger partial charge in [-0.25, -0.2) is 9.78 Å². The summed E-state index contributed by atoms with van der Waals surface area (Å²) < 4.78 is 8.79. The summed E-state index contributed by atoms with van der Waals surface area (Å²) in [7, 11) is 4.18. The number of nitrogens with one attached hydrogen (secondary N) is 1. The second-order valence-corrected chi connectivity index (χ2v) is 24.7. The summed E-state index contributed by atoms with van der Waals surface area (Å²) in [6.07, 6.45) is 11.9. The van der Waals surface area contributed by atoms with E-state index in [2.05, 4.69) is 102 Å². The average molecular weight is 906 g/mol. The fourth-order valence-electron chi connectivity index (χ4n) is 16.5. The van der Waals surface area contributed by atoms with E-state index in [1.807, 2.05) is 31.0 Å². The van der Waals surface area contributed by atoms with Crippen molar-refractivity contribution in [1.29, 1.82) is 0 Å². The standard InChI is InChI=1S/C55H79N5O6/c1-33(2)44-40(61)31-55(57-49(65)60-27-15-18-38(60)46-56-32-39(34-16-13-12-14-17-34)59(46)29-28-58(10)11)26-25-53(8)35(45(44)55)19-20-42-52(7)23-22-43(51(5,6)41(52)21-24-54(42,53)9)66-48(64)37-30-36(47(62)63)50(37,3)4/h12-14,16-17,32-33,35-38,41-43H,15,18-31H2,1-11H3,(H,57,65)(H,62,63)/t35-,36+,37-,38?,41+,42-,43+,52+,53-,54-,55-/m1/s1. The number of urea groups is 1. The number of allylic oxidation sites excluding steroid dienone is 1. The topological polar surface area (TPSA) is 134 Å². The van der Waals surface area contributed by atoms with E-state index in [0.29, 0.717) is 31.2 Å². The molecule has 7 aliphatic rings. The maximum atomic E-state index is 15.1. The van der Waals surface area contributed by atoms with Gasteiger partial charge in [-0.1, -0.05) is 92.6 Å². The first-order valence-electron chi connectivity index (χ1n) is 25.6. The number of carboxylic acids is 1. The van der Waals surface area contributed by atoms with Crippen LogP contribution in [0.4, 0.5) is 4.79 Å². The van der Waals surface area contributed by atoms with Crippen molar-refractivity contribution in [3.05, 3.63) is 53.5 Å². The molecule has 9 rings (SSSR count). The monoisotopic (exact) mass is 906 g/mol. The number of fused-ring (bicyclic) bond motifs is 7. The number of carbonyl (C=O) groups is 4. The minimum absolute atomic E-state index is 0.0135. The molecule has 1 unspecified atom stereocenters. The number of nitrogens with zero attached hydrogens (tertiary/aromatic N) is 4. The number of likely N-dealkylation sites (N-methyl/N-ethyl adjacent to an activating group) is 1. The molecular formula is C55H79N5O6. The molecule has 1 aromatic heterocycles. The van der Waals surface area contributed by atoms with E-state index < -0.39 is 28.8 Å². The van der Waals surface area contributed by atoms with Gasteiger partial charge in [0.15, 0.2) is 5.78 Å². The predicted molar refractivity (Wildman–Crippen MR) is 256 cm³/mol. The number of amides is 2. The summed E-state index contributed by atoms with van der Waals surface area (Å²) >= 11 is 0. The lowest BCUT2D eigenvalue weighted by atomic mass is 9.33. The summed E-state index contributed by atoms with van der Waals surface area (Å²) in [6, 6.07) is 10.2. The minimum Gasteiger partial charge on any atom is -0.481 e. The Kier molecular flexibility index (Phi) is 11.6. The summed E-state index contributed by atoms with van der Waals surface area (Å²) in [6.45, 7) is 22.7. The molecule has 2 aromatic rings. The van der Waals surface area contributed by atoms with Crippen LogP contribution in [0.1, 0.15) is 151 Å². The third-order valence-electron chi connectivity index (χ3n) is 20.4. The van der Waals surface area contributed by atoms with Crippen LogP contribution in [-0.2, 0) is 25.7 Å². The number of rotatable bonds is 10. The lowest BCUT2D eigenvalue weighted by Gasteiger charge is -2.72. The molecule has 11 heteroatoms. The number of Topliss-reactive ketones (excluding diaryl/α,β-unsaturated/α-hetero) is 1. The van der Waals surface area contributed by atoms with Crippen LogP contribution in [0.2, 0.25) is 0 Å². The van der Waals surface area contributed by atoms with E-state index >= 15 is 4.79 Å². The smallest absolute Gasteiger partial charge is 0.318 e. The molecule has 66 heavy (non-hydrogen) atoms. The Labute approximate surface area is 394 Å². The zero-order valence-corrected chi connectivity index (χ0v) is 42.0. The fourth-order valence-corrected chi connectivity index (χ4v) is 16.5. The molecule has 360 valence electrons. The molecule has 1 aliphatic heterocycles. The van der Waals surface area contributed by atoms with Crippen molar-refractivity contribution in [1.82, 2.24) is 24.7 Å². The number of carbonyl (C=O) groups excluding carboxylic acids is 3. The van der Waals surface area contributed by atoms with Crippen molar-refractivity contribution >= 4 is 23.8 Å². The Hall–Kier alpha value is -3.99. The van der Waals surface area contributed by atoms with Crippen LogP contribution in [0.5, 0.6) is 0 Å². The van der Waals surface area contributed by atoms with Crippen LogP contribution < -0.4 is 5.32 Å². The van der Waals surface area contributed by atoms with Gasteiger partial charge >= 0.3 is 18.0 Å². The van der Waals surface area contributed by atoms with E-state index in [1.165, 1.54) is 5.57 Å². The van der Waals surface area contributed by atoms with E-state index in [1.54, 1.807) is 0 Å². The van der Waals surface area contributed by atoms with Crippen LogP contribution >= 0.6 is 0 Å². The lowest BCUT2D eigenvalue weighted by Crippen LogP contribution is -2.67. The van der Waals surface area contributed by atoms with Crippen molar-refractivity contribution in [2.75, 3.05) is 27.2 Å². The Balaban J connectivity index is 0.972. The first-order chi connectivity index (χ1) is 31.0. The van der Waals surface area contributed by atoms with Gasteiger partial charge in [0.25, 0.3) is 0 Å². The Bertz CT molecular complexity index is 2300. The van der Waals surface area contributed by atoms with Crippen molar-refractivity contribution in [2.45, 2.75) is 164 Å². The maximum absolute atomic E-state index is 15.1. The van der Waals surface area contributed by atoms with Crippen LogP contribution in [0.15, 0.2) is 47.7 Å². The number of carboxylic acid groups (broad SMARTS) is 1. The average Bonchev–Trinajstić information content (AvgIpc) is 3.97. The fraction of sp³-hybridized carbons (Fsp3) is 0.727. The highest BCUT2D eigenvalue weighted by molar-refractivity contribution is 6.02. The van der Waals surface area contributed by atoms with Crippen molar-refractivity contribution < 1.29 is 29.0 Å². The molecule has 0 radical (unpaired) electrons. The molecule has 5 saturated carbocycles. The number of ketones is 1. The van der Waals surface area contributed by atoms with Crippen molar-refractivity contribution in [3.63, 3.8) is 0 Å². The van der Waals surface area contributed by atoms with Gasteiger partial charge in [0, 0.05) is 31.5 Å². The number of hydrogen-bond acceptors (Lipinski definition) is 7. The summed E-state index contributed by atoms with van der Waals surface area (Å²) in [5, 5.41) is 13.4. The number of benzene rings is 1. The van der Waals surface area contributed by atoms with Crippen molar-refractivity contribution in [2.24, 2.45) is 62.6 Å². The highest BCUT2D eigenvalue weighted by Crippen LogP contribution is 2.76. The minimum atomic E-state index is -0.833. The molecule has 0 bridgehead atoms. The molecule has 6 aliphatic carbocycles.